The number of methoxy groups -OCH3 is 1. The van der Waals surface area contributed by atoms with Crippen LogP contribution in [0.15, 0.2) is 53.1 Å². The van der Waals surface area contributed by atoms with Crippen molar-refractivity contribution in [3.05, 3.63) is 70.3 Å². The Bertz CT molecular complexity index is 970. The predicted octanol–water partition coefficient (Wildman–Crippen LogP) is 4.27. The van der Waals surface area contributed by atoms with Crippen LogP contribution in [0.5, 0.6) is 5.75 Å². The number of aromatic nitrogens is 2. The van der Waals surface area contributed by atoms with E-state index >= 15 is 0 Å². The molecule has 7 heteroatoms. The van der Waals surface area contributed by atoms with Crippen molar-refractivity contribution >= 4 is 21.8 Å². The van der Waals surface area contributed by atoms with Gasteiger partial charge in [0.05, 0.1) is 17.3 Å². The Morgan fingerprint density at radius 2 is 1.96 bits per heavy atom. The van der Waals surface area contributed by atoms with Gasteiger partial charge in [0.1, 0.15) is 11.6 Å². The lowest BCUT2D eigenvalue weighted by Gasteiger charge is -2.17. The average Bonchev–Trinajstić information content (AvgIpc) is 3.03. The van der Waals surface area contributed by atoms with Crippen molar-refractivity contribution in [3.8, 4) is 17.0 Å². The topological polar surface area (TPSA) is 47.4 Å². The van der Waals surface area contributed by atoms with Crippen LogP contribution in [0, 0.1) is 5.82 Å². The third-order valence-corrected chi connectivity index (χ3v) is 4.81. The summed E-state index contributed by atoms with van der Waals surface area (Å²) >= 11 is 3.45. The summed E-state index contributed by atoms with van der Waals surface area (Å²) in [4.78, 5) is 18.9. The van der Waals surface area contributed by atoms with Crippen LogP contribution in [0.3, 0.4) is 0 Å². The molecule has 0 fully saturated rings. The summed E-state index contributed by atoms with van der Waals surface area (Å²) < 4.78 is 20.8. The van der Waals surface area contributed by atoms with Gasteiger partial charge in [0.2, 0.25) is 0 Å². The first-order chi connectivity index (χ1) is 12.9. The molecule has 0 N–H and O–H groups in total. The van der Waals surface area contributed by atoms with E-state index < -0.39 is 0 Å². The van der Waals surface area contributed by atoms with Gasteiger partial charge >= 0.3 is 0 Å². The Kier molecular flexibility index (Phi) is 5.60. The van der Waals surface area contributed by atoms with Crippen LogP contribution in [0.2, 0.25) is 0 Å². The van der Waals surface area contributed by atoms with E-state index in [4.69, 9.17) is 4.74 Å². The molecular formula is C20H19BrFN3O2. The molecule has 1 aromatic heterocycles. The zero-order chi connectivity index (χ0) is 19.6. The van der Waals surface area contributed by atoms with E-state index in [-0.39, 0.29) is 11.7 Å². The number of halogens is 2. The lowest BCUT2D eigenvalue weighted by Crippen LogP contribution is -2.28. The Labute approximate surface area is 165 Å². The van der Waals surface area contributed by atoms with Crippen LogP contribution < -0.4 is 4.74 Å². The van der Waals surface area contributed by atoms with E-state index in [9.17, 15) is 9.18 Å². The quantitative estimate of drug-likeness (QED) is 0.605. The maximum absolute atomic E-state index is 13.1. The Balaban J connectivity index is 1.79. The van der Waals surface area contributed by atoms with E-state index in [0.717, 1.165) is 21.3 Å². The normalized spacial score (nSPS) is 10.7. The molecule has 0 saturated carbocycles. The van der Waals surface area contributed by atoms with Crippen molar-refractivity contribution in [2.24, 2.45) is 7.05 Å². The molecule has 2 aromatic carbocycles. The fraction of sp³-hybridized carbons (Fsp3) is 0.200. The molecule has 0 atom stereocenters. The molecule has 0 radical (unpaired) electrons. The number of imidazole rings is 1. The van der Waals surface area contributed by atoms with Crippen LogP contribution in [-0.4, -0.2) is 34.5 Å². The maximum atomic E-state index is 13.1. The summed E-state index contributed by atoms with van der Waals surface area (Å²) in [6, 6.07) is 11.7. The van der Waals surface area contributed by atoms with Crippen LogP contribution in [0.1, 0.15) is 16.2 Å². The van der Waals surface area contributed by atoms with Crippen molar-refractivity contribution < 1.29 is 13.9 Å². The highest BCUT2D eigenvalue weighted by molar-refractivity contribution is 9.10. The van der Waals surface area contributed by atoms with Gasteiger partial charge in [-0.3, -0.25) is 4.79 Å². The number of amides is 1. The number of hydrogen-bond acceptors (Lipinski definition) is 3. The van der Waals surface area contributed by atoms with E-state index in [0.29, 0.717) is 18.1 Å². The first-order valence-electron chi connectivity index (χ1n) is 8.26. The monoisotopic (exact) mass is 431 g/mol. The van der Waals surface area contributed by atoms with Gasteiger partial charge in [-0.1, -0.05) is 6.07 Å². The fourth-order valence-electron chi connectivity index (χ4n) is 2.75. The van der Waals surface area contributed by atoms with Crippen molar-refractivity contribution in [2.75, 3.05) is 14.2 Å². The highest BCUT2D eigenvalue weighted by atomic mass is 79.9. The van der Waals surface area contributed by atoms with E-state index in [1.165, 1.54) is 12.1 Å². The van der Waals surface area contributed by atoms with Gasteiger partial charge in [-0.05, 0) is 57.9 Å². The summed E-state index contributed by atoms with van der Waals surface area (Å²) in [7, 11) is 5.10. The second kappa shape index (κ2) is 7.92. The molecule has 0 bridgehead atoms. The van der Waals surface area contributed by atoms with Gasteiger partial charge in [-0.2, -0.15) is 0 Å². The van der Waals surface area contributed by atoms with Gasteiger partial charge in [-0.15, -0.1) is 0 Å². The third kappa shape index (κ3) is 4.19. The molecule has 1 amide bonds. The van der Waals surface area contributed by atoms with E-state index in [1.807, 2.05) is 18.2 Å². The molecule has 5 nitrogen and oxygen atoms in total. The first kappa shape index (κ1) is 19.1. The Morgan fingerprint density at radius 3 is 2.59 bits per heavy atom. The van der Waals surface area contributed by atoms with E-state index in [1.54, 1.807) is 49.0 Å². The zero-order valence-corrected chi connectivity index (χ0v) is 16.8. The second-order valence-corrected chi connectivity index (χ2v) is 7.05. The molecule has 27 heavy (non-hydrogen) atoms. The van der Waals surface area contributed by atoms with E-state index in [2.05, 4.69) is 20.9 Å². The molecule has 3 rings (SSSR count). The highest BCUT2D eigenvalue weighted by Crippen LogP contribution is 2.26. The molecular weight excluding hydrogens is 413 g/mol. The van der Waals surface area contributed by atoms with Crippen LogP contribution >= 0.6 is 15.9 Å². The smallest absolute Gasteiger partial charge is 0.289 e. The molecule has 0 aliphatic heterocycles. The number of rotatable bonds is 5. The molecule has 3 aromatic rings. The third-order valence-electron chi connectivity index (χ3n) is 4.19. The van der Waals surface area contributed by atoms with Crippen molar-refractivity contribution in [3.63, 3.8) is 0 Å². The minimum absolute atomic E-state index is 0.196. The summed E-state index contributed by atoms with van der Waals surface area (Å²) in [6.07, 6.45) is 1.76. The minimum Gasteiger partial charge on any atom is -0.496 e. The molecule has 0 aliphatic carbocycles. The average molecular weight is 432 g/mol. The highest BCUT2D eigenvalue weighted by Gasteiger charge is 2.19. The lowest BCUT2D eigenvalue weighted by atomic mass is 10.2. The molecule has 0 aliphatic rings. The van der Waals surface area contributed by atoms with Gasteiger partial charge < -0.3 is 14.2 Å². The number of hydrogen-bond donors (Lipinski definition) is 0. The van der Waals surface area contributed by atoms with Gasteiger partial charge in [0.25, 0.3) is 5.91 Å². The fourth-order valence-corrected chi connectivity index (χ4v) is 3.34. The summed E-state index contributed by atoms with van der Waals surface area (Å²) in [6.45, 7) is 0.431. The number of nitrogens with zero attached hydrogens (tertiary/aromatic N) is 3. The molecule has 0 spiro atoms. The standard InChI is InChI=1S/C20H19BrFN3O2/c1-24-12-17(14-5-7-15(22)8-6-14)23-19(24)20(26)25(2)11-13-4-9-18(27-3)16(21)10-13/h4-10,12H,11H2,1-3H3. The summed E-state index contributed by atoms with van der Waals surface area (Å²) in [5.41, 5.74) is 2.35. The molecule has 140 valence electrons. The maximum Gasteiger partial charge on any atom is 0.289 e. The largest absolute Gasteiger partial charge is 0.496 e. The van der Waals surface area contributed by atoms with Crippen molar-refractivity contribution in [1.82, 2.24) is 14.5 Å². The van der Waals surface area contributed by atoms with Gasteiger partial charge in [0.15, 0.2) is 5.82 Å². The zero-order valence-electron chi connectivity index (χ0n) is 15.2. The summed E-state index contributed by atoms with van der Waals surface area (Å²) in [5, 5.41) is 0. The SMILES string of the molecule is COc1ccc(CN(C)C(=O)c2nc(-c3ccc(F)cc3)cn2C)cc1Br. The van der Waals surface area contributed by atoms with Crippen LogP contribution in [-0.2, 0) is 13.6 Å². The Hall–Kier alpha value is -2.67. The number of benzene rings is 2. The molecule has 1 heterocycles. The summed E-state index contributed by atoms with van der Waals surface area (Å²) in [5.74, 6) is 0.555. The Morgan fingerprint density at radius 1 is 1.26 bits per heavy atom. The van der Waals surface area contributed by atoms with Crippen molar-refractivity contribution in [2.45, 2.75) is 6.54 Å². The number of aryl methyl sites for hydroxylation is 1. The second-order valence-electron chi connectivity index (χ2n) is 6.20. The predicted molar refractivity (Wildman–Crippen MR) is 105 cm³/mol. The number of carbonyl (C=O) groups is 1. The first-order valence-corrected chi connectivity index (χ1v) is 9.05. The van der Waals surface area contributed by atoms with Gasteiger partial charge in [-0.25, -0.2) is 9.37 Å². The molecule has 0 unspecified atom stereocenters. The van der Waals surface area contributed by atoms with Crippen LogP contribution in [0.25, 0.3) is 11.3 Å². The number of ether oxygens (including phenoxy) is 1. The van der Waals surface area contributed by atoms with Gasteiger partial charge in [0, 0.05) is 32.4 Å². The molecule has 0 saturated heterocycles. The number of carbonyl (C=O) groups excluding carboxylic acids is 1. The minimum atomic E-state index is -0.309. The lowest BCUT2D eigenvalue weighted by molar-refractivity contribution is 0.0769. The van der Waals surface area contributed by atoms with Crippen molar-refractivity contribution in [1.29, 1.82) is 0 Å². The van der Waals surface area contributed by atoms with Crippen LogP contribution in [0.4, 0.5) is 4.39 Å².